The topological polar surface area (TPSA) is 41.9 Å². The Balaban J connectivity index is 0.00000280. The minimum absolute atomic E-state index is 0. The first-order chi connectivity index (χ1) is 13.0. The highest BCUT2D eigenvalue weighted by Gasteiger charge is 2.23. The molecular weight excluding hydrogens is 442 g/mol. The third-order valence-corrected chi connectivity index (χ3v) is 5.38. The van der Waals surface area contributed by atoms with Crippen LogP contribution in [0.3, 0.4) is 0 Å². The molecule has 0 saturated carbocycles. The van der Waals surface area contributed by atoms with Gasteiger partial charge in [0.05, 0.1) is 12.7 Å². The van der Waals surface area contributed by atoms with Gasteiger partial charge in [-0.3, -0.25) is 4.90 Å². The van der Waals surface area contributed by atoms with Gasteiger partial charge in [0.15, 0.2) is 0 Å². The van der Waals surface area contributed by atoms with Gasteiger partial charge in [0, 0.05) is 24.1 Å². The second-order valence-corrected chi connectivity index (χ2v) is 8.27. The quantitative estimate of drug-likeness (QED) is 0.631. The van der Waals surface area contributed by atoms with E-state index in [0.29, 0.717) is 25.7 Å². The van der Waals surface area contributed by atoms with E-state index in [0.717, 1.165) is 23.3 Å². The van der Waals surface area contributed by atoms with Crippen LogP contribution in [0, 0.1) is 0 Å². The van der Waals surface area contributed by atoms with E-state index in [2.05, 4.69) is 58.9 Å². The Morgan fingerprint density at radius 3 is 2.46 bits per heavy atom. The Labute approximate surface area is 182 Å². The molecule has 154 valence electrons. The maximum absolute atomic E-state index is 10.4. The zero-order chi connectivity index (χ0) is 19.2. The molecule has 2 aromatic rings. The standard InChI is InChI=1S/C22H28BrNO3.ClH/c1-16(2)17-5-9-21(10-6-17)27-15-20(25)13-24-11-12-26-22(14-24)18-3-7-19(23)8-4-18;/h3-10,16,20,22,25H,11-15H2,1-2H3;1H. The predicted octanol–water partition coefficient (Wildman–Crippen LogP) is 4.81. The summed E-state index contributed by atoms with van der Waals surface area (Å²) < 4.78 is 12.7. The highest BCUT2D eigenvalue weighted by molar-refractivity contribution is 9.10. The normalized spacial score (nSPS) is 18.5. The van der Waals surface area contributed by atoms with Gasteiger partial charge in [-0.1, -0.05) is 54.0 Å². The van der Waals surface area contributed by atoms with Crippen molar-refractivity contribution in [2.45, 2.75) is 32.0 Å². The molecule has 1 N–H and O–H groups in total. The Morgan fingerprint density at radius 2 is 1.82 bits per heavy atom. The fourth-order valence-electron chi connectivity index (χ4n) is 3.24. The maximum Gasteiger partial charge on any atom is 0.119 e. The zero-order valence-corrected chi connectivity index (χ0v) is 18.8. The number of ether oxygens (including phenoxy) is 2. The number of benzene rings is 2. The molecule has 1 saturated heterocycles. The van der Waals surface area contributed by atoms with Crippen molar-refractivity contribution in [2.75, 3.05) is 32.8 Å². The lowest BCUT2D eigenvalue weighted by molar-refractivity contribution is -0.0459. The first-order valence-electron chi connectivity index (χ1n) is 9.51. The lowest BCUT2D eigenvalue weighted by Crippen LogP contribution is -2.43. The Kier molecular flexibility index (Phi) is 9.25. The van der Waals surface area contributed by atoms with Crippen LogP contribution in [0.4, 0.5) is 0 Å². The first-order valence-corrected chi connectivity index (χ1v) is 10.3. The minimum atomic E-state index is -0.529. The predicted molar refractivity (Wildman–Crippen MR) is 119 cm³/mol. The number of aliphatic hydroxyl groups excluding tert-OH is 1. The molecule has 2 atom stereocenters. The summed E-state index contributed by atoms with van der Waals surface area (Å²) in [5.41, 5.74) is 2.45. The van der Waals surface area contributed by atoms with Gasteiger partial charge >= 0.3 is 0 Å². The summed E-state index contributed by atoms with van der Waals surface area (Å²) in [6.07, 6.45) is -0.484. The van der Waals surface area contributed by atoms with Crippen LogP contribution in [0.1, 0.15) is 37.0 Å². The minimum Gasteiger partial charge on any atom is -0.491 e. The fraction of sp³-hybridized carbons (Fsp3) is 0.455. The van der Waals surface area contributed by atoms with E-state index in [1.807, 2.05) is 24.3 Å². The van der Waals surface area contributed by atoms with Gasteiger partial charge in [-0.15, -0.1) is 12.4 Å². The molecular formula is C22H29BrClNO3. The smallest absolute Gasteiger partial charge is 0.119 e. The molecule has 1 fully saturated rings. The van der Waals surface area contributed by atoms with Crippen molar-refractivity contribution in [3.05, 3.63) is 64.1 Å². The van der Waals surface area contributed by atoms with Gasteiger partial charge in [0.2, 0.25) is 0 Å². The van der Waals surface area contributed by atoms with Crippen LogP contribution in [0.25, 0.3) is 0 Å². The number of morpholine rings is 1. The van der Waals surface area contributed by atoms with Crippen molar-refractivity contribution in [1.29, 1.82) is 0 Å². The van der Waals surface area contributed by atoms with E-state index < -0.39 is 6.10 Å². The molecule has 6 heteroatoms. The third kappa shape index (κ3) is 6.75. The molecule has 0 amide bonds. The van der Waals surface area contributed by atoms with Crippen LogP contribution in [-0.4, -0.2) is 49.0 Å². The number of halogens is 2. The molecule has 3 rings (SSSR count). The van der Waals surface area contributed by atoms with Crippen molar-refractivity contribution < 1.29 is 14.6 Å². The number of β-amino-alcohol motifs (C(OH)–C–C–N with tert-alkyl or cyclic N) is 1. The van der Waals surface area contributed by atoms with E-state index in [-0.39, 0.29) is 18.5 Å². The molecule has 0 spiro atoms. The summed E-state index contributed by atoms with van der Waals surface area (Å²) in [5.74, 6) is 1.30. The molecule has 1 aliphatic rings. The van der Waals surface area contributed by atoms with Crippen LogP contribution < -0.4 is 4.74 Å². The van der Waals surface area contributed by atoms with Gasteiger partial charge in [-0.05, 0) is 41.3 Å². The fourth-order valence-corrected chi connectivity index (χ4v) is 3.50. The van der Waals surface area contributed by atoms with Gasteiger partial charge < -0.3 is 14.6 Å². The summed E-state index contributed by atoms with van der Waals surface area (Å²) in [7, 11) is 0. The van der Waals surface area contributed by atoms with Crippen molar-refractivity contribution in [2.24, 2.45) is 0 Å². The molecule has 28 heavy (non-hydrogen) atoms. The number of hydrogen-bond acceptors (Lipinski definition) is 4. The summed E-state index contributed by atoms with van der Waals surface area (Å²) in [6, 6.07) is 16.3. The molecule has 0 aromatic heterocycles. The molecule has 1 heterocycles. The van der Waals surface area contributed by atoms with Crippen LogP contribution in [0.5, 0.6) is 5.75 Å². The Morgan fingerprint density at radius 1 is 1.14 bits per heavy atom. The summed E-state index contributed by atoms with van der Waals surface area (Å²) in [5, 5.41) is 10.4. The van der Waals surface area contributed by atoms with Crippen molar-refractivity contribution in [3.8, 4) is 5.75 Å². The van der Waals surface area contributed by atoms with Gasteiger partial charge in [0.1, 0.15) is 18.5 Å². The summed E-state index contributed by atoms with van der Waals surface area (Å²) in [6.45, 7) is 7.49. The molecule has 0 bridgehead atoms. The second kappa shape index (κ2) is 11.2. The van der Waals surface area contributed by atoms with E-state index in [4.69, 9.17) is 9.47 Å². The number of rotatable bonds is 7. The van der Waals surface area contributed by atoms with E-state index in [1.165, 1.54) is 11.1 Å². The molecule has 0 radical (unpaired) electrons. The lowest BCUT2D eigenvalue weighted by Gasteiger charge is -2.34. The highest BCUT2D eigenvalue weighted by Crippen LogP contribution is 2.24. The Bertz CT molecular complexity index is 709. The average molecular weight is 471 g/mol. The van der Waals surface area contributed by atoms with Crippen LogP contribution >= 0.6 is 28.3 Å². The molecule has 1 aliphatic heterocycles. The first kappa shape index (κ1) is 23.2. The molecule has 4 nitrogen and oxygen atoms in total. The maximum atomic E-state index is 10.4. The van der Waals surface area contributed by atoms with E-state index in [9.17, 15) is 5.11 Å². The van der Waals surface area contributed by atoms with E-state index in [1.54, 1.807) is 0 Å². The summed E-state index contributed by atoms with van der Waals surface area (Å²) >= 11 is 3.46. The highest BCUT2D eigenvalue weighted by atomic mass is 79.9. The number of aliphatic hydroxyl groups is 1. The second-order valence-electron chi connectivity index (χ2n) is 7.36. The average Bonchev–Trinajstić information content (AvgIpc) is 2.67. The SMILES string of the molecule is CC(C)c1ccc(OCC(O)CN2CCOC(c3ccc(Br)cc3)C2)cc1.Cl. The van der Waals surface area contributed by atoms with Gasteiger partial charge in [0.25, 0.3) is 0 Å². The summed E-state index contributed by atoms with van der Waals surface area (Å²) in [4.78, 5) is 2.24. The monoisotopic (exact) mass is 469 g/mol. The largest absolute Gasteiger partial charge is 0.491 e. The van der Waals surface area contributed by atoms with Crippen molar-refractivity contribution >= 4 is 28.3 Å². The lowest BCUT2D eigenvalue weighted by atomic mass is 10.0. The molecule has 2 unspecified atom stereocenters. The zero-order valence-electron chi connectivity index (χ0n) is 16.4. The number of nitrogens with zero attached hydrogens (tertiary/aromatic N) is 1. The van der Waals surface area contributed by atoms with Crippen LogP contribution in [-0.2, 0) is 4.74 Å². The molecule has 2 aromatic carbocycles. The van der Waals surface area contributed by atoms with Gasteiger partial charge in [-0.2, -0.15) is 0 Å². The molecule has 0 aliphatic carbocycles. The van der Waals surface area contributed by atoms with Gasteiger partial charge in [-0.25, -0.2) is 0 Å². The van der Waals surface area contributed by atoms with Crippen molar-refractivity contribution in [1.82, 2.24) is 4.90 Å². The van der Waals surface area contributed by atoms with E-state index >= 15 is 0 Å². The van der Waals surface area contributed by atoms with Crippen LogP contribution in [0.15, 0.2) is 53.0 Å². The van der Waals surface area contributed by atoms with Crippen molar-refractivity contribution in [3.63, 3.8) is 0 Å². The number of hydrogen-bond donors (Lipinski definition) is 1. The van der Waals surface area contributed by atoms with Crippen LogP contribution in [0.2, 0.25) is 0 Å². The Hall–Kier alpha value is -1.11. The third-order valence-electron chi connectivity index (χ3n) is 4.85.